The van der Waals surface area contributed by atoms with Crippen molar-refractivity contribution in [3.8, 4) is 49.4 Å². The second kappa shape index (κ2) is 13.2. The molecular formula is C31H48O5. The molecule has 6 atom stereocenters. The second-order valence-corrected chi connectivity index (χ2v) is 11.3. The van der Waals surface area contributed by atoms with E-state index in [1.54, 1.807) is 0 Å². The largest absolute Gasteiger partial charge is 0.480 e. The van der Waals surface area contributed by atoms with Gasteiger partial charge in [0.1, 0.15) is 0 Å². The van der Waals surface area contributed by atoms with Crippen molar-refractivity contribution >= 4 is 5.97 Å². The highest BCUT2D eigenvalue weighted by Crippen LogP contribution is 2.54. The van der Waals surface area contributed by atoms with Crippen LogP contribution in [0.5, 0.6) is 0 Å². The van der Waals surface area contributed by atoms with Crippen LogP contribution in [-0.2, 0) is 4.79 Å². The fourth-order valence-corrected chi connectivity index (χ4v) is 6.36. The molecule has 0 amide bonds. The van der Waals surface area contributed by atoms with Gasteiger partial charge in [0, 0.05) is 14.3 Å². The Morgan fingerprint density at radius 3 is 1.69 bits per heavy atom. The number of aliphatic hydroxyl groups is 3. The number of hydrogen-bond donors (Lipinski definition) is 4. The van der Waals surface area contributed by atoms with Crippen molar-refractivity contribution in [1.29, 1.82) is 0 Å². The fraction of sp³-hybridized carbons (Fsp3) is 0.710. The normalized spacial score (nSPS) is 34.1. The number of carboxylic acid groups (broad SMARTS) is 1. The van der Waals surface area contributed by atoms with Gasteiger partial charge in [0.25, 0.3) is 0 Å². The van der Waals surface area contributed by atoms with Crippen LogP contribution in [0.15, 0.2) is 0 Å². The summed E-state index contributed by atoms with van der Waals surface area (Å²) >= 11 is 0. The average Bonchev–Trinajstić information content (AvgIpc) is 2.80. The fourth-order valence-electron chi connectivity index (χ4n) is 6.36. The van der Waals surface area contributed by atoms with Gasteiger partial charge in [-0.3, -0.25) is 4.79 Å². The molecule has 2 aliphatic rings. The summed E-state index contributed by atoms with van der Waals surface area (Å²) in [5, 5.41) is 39.5. The maximum Gasteiger partial charge on any atom is 0.324 e. The number of terminal acetylenes is 4. The molecule has 0 aromatic carbocycles. The molecule has 0 aliphatic heterocycles. The Labute approximate surface area is 221 Å². The lowest BCUT2D eigenvalue weighted by molar-refractivity contribution is -0.167. The van der Waals surface area contributed by atoms with E-state index >= 15 is 0 Å². The third-order valence-corrected chi connectivity index (χ3v) is 8.58. The number of rotatable bonds is 6. The zero-order valence-electron chi connectivity index (χ0n) is 21.7. The van der Waals surface area contributed by atoms with E-state index < -0.39 is 29.0 Å². The van der Waals surface area contributed by atoms with Gasteiger partial charge in [0.15, 0.2) is 5.41 Å². The molecule has 0 bridgehead atoms. The molecule has 4 N–H and O–H groups in total. The van der Waals surface area contributed by atoms with Gasteiger partial charge in [-0.05, 0) is 61.2 Å². The summed E-state index contributed by atoms with van der Waals surface area (Å²) in [5.41, 5.74) is -2.58. The van der Waals surface area contributed by atoms with E-state index in [0.717, 1.165) is 19.3 Å². The van der Waals surface area contributed by atoms with E-state index in [0.29, 0.717) is 32.1 Å². The Hall–Kier alpha value is -2.41. The maximum atomic E-state index is 11.6. The molecule has 0 unspecified atom stereocenters. The third kappa shape index (κ3) is 6.28. The van der Waals surface area contributed by atoms with Crippen LogP contribution in [-0.4, -0.2) is 45.2 Å². The van der Waals surface area contributed by atoms with Crippen LogP contribution >= 0.6 is 0 Å². The van der Waals surface area contributed by atoms with Gasteiger partial charge in [-0.15, -0.1) is 37.5 Å². The smallest absolute Gasteiger partial charge is 0.324 e. The summed E-state index contributed by atoms with van der Waals surface area (Å²) in [5.74, 6) is 8.80. The van der Waals surface area contributed by atoms with Crippen molar-refractivity contribution in [3.63, 3.8) is 0 Å². The first-order valence-electron chi connectivity index (χ1n) is 12.3. The highest BCUT2D eigenvalue weighted by atomic mass is 16.4. The molecule has 2 rings (SSSR count). The lowest BCUT2D eigenvalue weighted by Crippen LogP contribution is -2.55. The Bertz CT molecular complexity index is 912. The predicted octanol–water partition coefficient (Wildman–Crippen LogP) is 4.59. The van der Waals surface area contributed by atoms with Gasteiger partial charge in [0.05, 0.1) is 24.2 Å². The number of aliphatic carboxylic acids is 1. The molecule has 0 spiro atoms. The number of carboxylic acids is 1. The molecule has 0 saturated heterocycles. The first-order chi connectivity index (χ1) is 16.3. The molecule has 2 aliphatic carbocycles. The van der Waals surface area contributed by atoms with Crippen LogP contribution < -0.4 is 0 Å². The summed E-state index contributed by atoms with van der Waals surface area (Å²) in [6, 6.07) is 0. The topological polar surface area (TPSA) is 98.0 Å². The Morgan fingerprint density at radius 2 is 1.31 bits per heavy atom. The minimum atomic E-state index is -1.52. The van der Waals surface area contributed by atoms with Crippen LogP contribution in [0.1, 0.15) is 87.9 Å². The van der Waals surface area contributed by atoms with E-state index in [1.807, 2.05) is 13.8 Å². The van der Waals surface area contributed by atoms with E-state index in [2.05, 4.69) is 37.5 Å². The van der Waals surface area contributed by atoms with Gasteiger partial charge in [-0.1, -0.05) is 47.0 Å². The van der Waals surface area contributed by atoms with Gasteiger partial charge in [-0.25, -0.2) is 0 Å². The summed E-state index contributed by atoms with van der Waals surface area (Å²) in [6.45, 7) is 8.09. The summed E-state index contributed by atoms with van der Waals surface area (Å²) in [7, 11) is 0. The van der Waals surface area contributed by atoms with Crippen molar-refractivity contribution in [1.82, 2.24) is 0 Å². The maximum absolute atomic E-state index is 11.6. The Balaban J connectivity index is 0. The van der Waals surface area contributed by atoms with E-state index in [1.165, 1.54) is 0 Å². The van der Waals surface area contributed by atoms with Gasteiger partial charge >= 0.3 is 5.97 Å². The summed E-state index contributed by atoms with van der Waals surface area (Å²) in [4.78, 5) is 11.6. The number of hydrogen-bond acceptors (Lipinski definition) is 4. The minimum Gasteiger partial charge on any atom is -0.480 e. The highest BCUT2D eigenvalue weighted by molar-refractivity contribution is 5.80. The molecule has 5 nitrogen and oxygen atoms in total. The molecule has 202 valence electrons. The summed E-state index contributed by atoms with van der Waals surface area (Å²) < 4.78 is 0. The molecule has 0 aromatic rings. The standard InChI is InChI=1S/C15H20O3.C15H22O2.CH4.H2/c1-5-7-8-11-14(3,4)10-9-12(16)15(11,6-2)13(17)18;1-5-7-8-12-14(3,4)10-9-13(17)15(12,6-2)11-16;;/h1-2,11-12,16H,7-10H2,3-4H3,(H,17,18);1-2,12-13,16-17H,7-11H2,3-4H3;1H4;1H/t11-,12+,15-;12-,13+,15-;;/m00../s1/i;;;1+1. The molecule has 2 saturated carbocycles. The van der Waals surface area contributed by atoms with Gasteiger partial charge in [-0.2, -0.15) is 0 Å². The van der Waals surface area contributed by atoms with Crippen LogP contribution in [0.3, 0.4) is 0 Å². The first kappa shape index (κ1) is 33.6. The summed E-state index contributed by atoms with van der Waals surface area (Å²) in [6.07, 6.45) is 25.1. The van der Waals surface area contributed by atoms with E-state index in [-0.39, 0.29) is 38.1 Å². The third-order valence-electron chi connectivity index (χ3n) is 8.58. The van der Waals surface area contributed by atoms with E-state index in [4.69, 9.17) is 25.7 Å². The van der Waals surface area contributed by atoms with Crippen LogP contribution in [0, 0.1) is 82.9 Å². The zero-order valence-corrected chi connectivity index (χ0v) is 21.7. The van der Waals surface area contributed by atoms with Crippen molar-refractivity contribution in [3.05, 3.63) is 0 Å². The monoisotopic (exact) mass is 501 g/mol. The number of carbonyl (C=O) groups is 1. The lowest BCUT2D eigenvalue weighted by Gasteiger charge is -2.51. The molecule has 2 fully saturated rings. The predicted molar refractivity (Wildman–Crippen MR) is 147 cm³/mol. The minimum absolute atomic E-state index is 0. The Kier molecular flexibility index (Phi) is 12.3. The van der Waals surface area contributed by atoms with Crippen molar-refractivity contribution in [2.75, 3.05) is 6.61 Å². The van der Waals surface area contributed by atoms with Gasteiger partial charge < -0.3 is 20.4 Å². The molecule has 36 heavy (non-hydrogen) atoms. The van der Waals surface area contributed by atoms with Crippen molar-refractivity contribution in [2.45, 2.75) is 98.7 Å². The average molecular weight is 502 g/mol. The number of aliphatic hydroxyl groups excluding tert-OH is 3. The molecule has 0 heterocycles. The van der Waals surface area contributed by atoms with Crippen molar-refractivity contribution in [2.24, 2.45) is 33.5 Å². The zero-order chi connectivity index (χ0) is 27.1. The van der Waals surface area contributed by atoms with Crippen LogP contribution in [0.2, 0.25) is 0 Å². The van der Waals surface area contributed by atoms with Crippen LogP contribution in [0.4, 0.5) is 0 Å². The molecular weight excluding hydrogens is 452 g/mol. The molecule has 0 aromatic heterocycles. The quantitative estimate of drug-likeness (QED) is 0.399. The Morgan fingerprint density at radius 1 is 0.861 bits per heavy atom. The SMILES string of the molecule is C.C#CCC[C@H]1C(C)(C)CC[C@@H](O)[C@@]1(C#C)C(=O)O.C#CCC[C@H]1C(C)(C)CC[C@@H](O)[C@@]1(C#C)CO.[2HH]. The highest BCUT2D eigenvalue weighted by Gasteiger charge is 2.58. The van der Waals surface area contributed by atoms with Crippen LogP contribution in [0.25, 0.3) is 0 Å². The van der Waals surface area contributed by atoms with E-state index in [9.17, 15) is 25.2 Å². The first-order valence-corrected chi connectivity index (χ1v) is 12.3. The van der Waals surface area contributed by atoms with Crippen molar-refractivity contribution < 1.29 is 26.6 Å². The molecule has 0 radical (unpaired) electrons. The lowest BCUT2D eigenvalue weighted by atomic mass is 9.53. The molecule has 5 heteroatoms. The van der Waals surface area contributed by atoms with Gasteiger partial charge in [0.2, 0.25) is 0 Å². The second-order valence-electron chi connectivity index (χ2n) is 11.3.